The summed E-state index contributed by atoms with van der Waals surface area (Å²) in [5.41, 5.74) is 6.56. The molecular formula is C18H28. The van der Waals surface area contributed by atoms with E-state index in [1.165, 1.54) is 11.1 Å². The molecule has 0 saturated heterocycles. The third-order valence-electron chi connectivity index (χ3n) is 5.34. The van der Waals surface area contributed by atoms with Gasteiger partial charge < -0.3 is 0 Å². The lowest BCUT2D eigenvalue weighted by Crippen LogP contribution is -2.25. The summed E-state index contributed by atoms with van der Waals surface area (Å²) in [6, 6.07) is 4.97. The zero-order valence-electron chi connectivity index (χ0n) is 13.1. The van der Waals surface area contributed by atoms with Crippen molar-refractivity contribution in [1.29, 1.82) is 0 Å². The first-order valence-corrected chi connectivity index (χ1v) is 7.44. The Morgan fingerprint density at radius 3 is 2.33 bits per heavy atom. The standard InChI is InChI=1S/C18H28/c1-8-14-10-15-16(9-12(14)4)18(6,7)13(5)17(15)11(2)3/h9-11,13,17H,8H2,1-7H3. The Morgan fingerprint density at radius 1 is 1.22 bits per heavy atom. The molecule has 0 nitrogen and oxygen atoms in total. The van der Waals surface area contributed by atoms with Crippen LogP contribution in [0.2, 0.25) is 0 Å². The number of hydrogen-bond acceptors (Lipinski definition) is 0. The van der Waals surface area contributed by atoms with Crippen LogP contribution in [-0.2, 0) is 11.8 Å². The molecule has 0 saturated carbocycles. The van der Waals surface area contributed by atoms with E-state index < -0.39 is 0 Å². The molecule has 0 amide bonds. The number of fused-ring (bicyclic) bond motifs is 1. The van der Waals surface area contributed by atoms with Gasteiger partial charge in [-0.05, 0) is 58.8 Å². The highest BCUT2D eigenvalue weighted by molar-refractivity contribution is 5.48. The van der Waals surface area contributed by atoms with E-state index in [4.69, 9.17) is 0 Å². The van der Waals surface area contributed by atoms with Crippen LogP contribution in [0, 0.1) is 18.8 Å². The summed E-state index contributed by atoms with van der Waals surface area (Å²) in [7, 11) is 0. The number of benzene rings is 1. The van der Waals surface area contributed by atoms with Gasteiger partial charge in [-0.2, -0.15) is 0 Å². The van der Waals surface area contributed by atoms with Gasteiger partial charge in [0.2, 0.25) is 0 Å². The first kappa shape index (κ1) is 13.6. The van der Waals surface area contributed by atoms with Crippen LogP contribution in [-0.4, -0.2) is 0 Å². The maximum absolute atomic E-state index is 2.50. The third-order valence-corrected chi connectivity index (χ3v) is 5.34. The lowest BCUT2D eigenvalue weighted by Gasteiger charge is -2.30. The summed E-state index contributed by atoms with van der Waals surface area (Å²) in [5, 5.41) is 0. The fourth-order valence-electron chi connectivity index (χ4n) is 3.89. The third kappa shape index (κ3) is 1.81. The average Bonchev–Trinajstić information content (AvgIpc) is 2.47. The van der Waals surface area contributed by atoms with E-state index in [2.05, 4.69) is 60.6 Å². The van der Waals surface area contributed by atoms with Crippen LogP contribution in [0.5, 0.6) is 0 Å². The molecule has 2 rings (SSSR count). The van der Waals surface area contributed by atoms with Crippen molar-refractivity contribution < 1.29 is 0 Å². The van der Waals surface area contributed by atoms with Crippen LogP contribution in [0.3, 0.4) is 0 Å². The molecule has 0 radical (unpaired) electrons. The summed E-state index contributed by atoms with van der Waals surface area (Å²) >= 11 is 0. The molecule has 100 valence electrons. The normalized spacial score (nSPS) is 25.6. The second-order valence-corrected chi connectivity index (χ2v) is 7.00. The van der Waals surface area contributed by atoms with Gasteiger partial charge in [-0.1, -0.05) is 53.7 Å². The van der Waals surface area contributed by atoms with Crippen LogP contribution in [0.4, 0.5) is 0 Å². The summed E-state index contributed by atoms with van der Waals surface area (Å²) in [5.74, 6) is 2.19. The van der Waals surface area contributed by atoms with Crippen molar-refractivity contribution >= 4 is 0 Å². The van der Waals surface area contributed by atoms with Gasteiger partial charge in [0.25, 0.3) is 0 Å². The van der Waals surface area contributed by atoms with Crippen LogP contribution < -0.4 is 0 Å². The number of rotatable bonds is 2. The molecule has 1 aliphatic rings. The van der Waals surface area contributed by atoms with Gasteiger partial charge in [-0.15, -0.1) is 0 Å². The molecule has 0 bridgehead atoms. The summed E-state index contributed by atoms with van der Waals surface area (Å²) < 4.78 is 0. The van der Waals surface area contributed by atoms with E-state index in [9.17, 15) is 0 Å². The Kier molecular flexibility index (Phi) is 3.34. The highest BCUT2D eigenvalue weighted by Gasteiger charge is 2.44. The lowest BCUT2D eigenvalue weighted by molar-refractivity contribution is 0.286. The van der Waals surface area contributed by atoms with Crippen LogP contribution in [0.1, 0.15) is 69.7 Å². The Labute approximate surface area is 113 Å². The summed E-state index contributed by atoms with van der Waals surface area (Å²) in [4.78, 5) is 0. The van der Waals surface area contributed by atoms with Crippen molar-refractivity contribution in [3.8, 4) is 0 Å². The van der Waals surface area contributed by atoms with Crippen molar-refractivity contribution in [2.24, 2.45) is 11.8 Å². The molecule has 0 spiro atoms. The van der Waals surface area contributed by atoms with Gasteiger partial charge in [-0.25, -0.2) is 0 Å². The van der Waals surface area contributed by atoms with Gasteiger partial charge in [0, 0.05) is 0 Å². The minimum atomic E-state index is 0.321. The van der Waals surface area contributed by atoms with E-state index in [1.54, 1.807) is 11.1 Å². The van der Waals surface area contributed by atoms with Gasteiger partial charge in [0.05, 0.1) is 0 Å². The molecule has 2 unspecified atom stereocenters. The molecule has 1 aromatic carbocycles. The Morgan fingerprint density at radius 2 is 1.83 bits per heavy atom. The minimum absolute atomic E-state index is 0.321. The Balaban J connectivity index is 2.65. The lowest BCUT2D eigenvalue weighted by atomic mass is 9.74. The van der Waals surface area contributed by atoms with Crippen LogP contribution in [0.15, 0.2) is 12.1 Å². The highest BCUT2D eigenvalue weighted by atomic mass is 14.5. The zero-order valence-corrected chi connectivity index (χ0v) is 13.1. The van der Waals surface area contributed by atoms with Crippen LogP contribution in [0.25, 0.3) is 0 Å². The zero-order chi connectivity index (χ0) is 13.7. The van der Waals surface area contributed by atoms with Crippen molar-refractivity contribution in [3.63, 3.8) is 0 Å². The molecule has 2 atom stereocenters. The predicted octanol–water partition coefficient (Wildman–Crippen LogP) is 5.22. The van der Waals surface area contributed by atoms with Gasteiger partial charge in [0.15, 0.2) is 0 Å². The second-order valence-electron chi connectivity index (χ2n) is 7.00. The van der Waals surface area contributed by atoms with E-state index in [0.717, 1.165) is 24.2 Å². The van der Waals surface area contributed by atoms with Crippen molar-refractivity contribution in [2.75, 3.05) is 0 Å². The van der Waals surface area contributed by atoms with Gasteiger partial charge >= 0.3 is 0 Å². The topological polar surface area (TPSA) is 0 Å². The van der Waals surface area contributed by atoms with Crippen molar-refractivity contribution in [1.82, 2.24) is 0 Å². The van der Waals surface area contributed by atoms with E-state index >= 15 is 0 Å². The maximum Gasteiger partial charge on any atom is -0.00691 e. The predicted molar refractivity (Wildman–Crippen MR) is 80.3 cm³/mol. The van der Waals surface area contributed by atoms with Gasteiger partial charge in [-0.3, -0.25) is 0 Å². The fraction of sp³-hybridized carbons (Fsp3) is 0.667. The Bertz CT molecular complexity index is 451. The average molecular weight is 244 g/mol. The van der Waals surface area contributed by atoms with E-state index in [0.29, 0.717) is 5.41 Å². The summed E-state index contributed by atoms with van der Waals surface area (Å²) in [6.07, 6.45) is 1.15. The molecule has 0 heterocycles. The summed E-state index contributed by atoms with van der Waals surface area (Å²) in [6.45, 7) is 16.6. The molecule has 18 heavy (non-hydrogen) atoms. The molecule has 0 aromatic heterocycles. The monoisotopic (exact) mass is 244 g/mol. The Hall–Kier alpha value is -0.780. The smallest absolute Gasteiger partial charge is 0.00691 e. The second kappa shape index (κ2) is 4.40. The fourth-order valence-corrected chi connectivity index (χ4v) is 3.89. The number of aryl methyl sites for hydroxylation is 2. The first-order chi connectivity index (χ1) is 8.30. The van der Waals surface area contributed by atoms with E-state index in [1.807, 2.05) is 0 Å². The van der Waals surface area contributed by atoms with Crippen molar-refractivity contribution in [3.05, 3.63) is 34.4 Å². The molecular weight excluding hydrogens is 216 g/mol. The first-order valence-electron chi connectivity index (χ1n) is 7.44. The molecule has 1 aliphatic carbocycles. The molecule has 0 N–H and O–H groups in total. The molecule has 0 fully saturated rings. The quantitative estimate of drug-likeness (QED) is 0.668. The highest BCUT2D eigenvalue weighted by Crippen LogP contribution is 2.53. The maximum atomic E-state index is 2.50. The van der Waals surface area contributed by atoms with Gasteiger partial charge in [0.1, 0.15) is 0 Å². The minimum Gasteiger partial charge on any atom is -0.0622 e. The molecule has 1 aromatic rings. The molecule has 0 heteroatoms. The largest absolute Gasteiger partial charge is 0.0622 e. The van der Waals surface area contributed by atoms with E-state index in [-0.39, 0.29) is 0 Å². The SMILES string of the molecule is CCc1cc2c(cc1C)C(C)(C)C(C)C2C(C)C. The van der Waals surface area contributed by atoms with Crippen molar-refractivity contribution in [2.45, 2.75) is 66.2 Å². The van der Waals surface area contributed by atoms with Crippen LogP contribution >= 0.6 is 0 Å². The molecule has 0 aliphatic heterocycles. The number of hydrogen-bond donors (Lipinski definition) is 0.